The Hall–Kier alpha value is -1.90. The second-order valence-corrected chi connectivity index (χ2v) is 11.7. The van der Waals surface area contributed by atoms with E-state index >= 15 is 0 Å². The lowest BCUT2D eigenvalue weighted by atomic mass is 10.2. The van der Waals surface area contributed by atoms with Gasteiger partial charge in [0.25, 0.3) is 0 Å². The van der Waals surface area contributed by atoms with Crippen LogP contribution in [0.5, 0.6) is 28.7 Å². The van der Waals surface area contributed by atoms with Crippen molar-refractivity contribution in [3.05, 3.63) is 15.3 Å². The molecule has 0 atom stereocenters. The summed E-state index contributed by atoms with van der Waals surface area (Å²) in [6.45, 7) is 15.8. The number of thiophene rings is 3. The summed E-state index contributed by atoms with van der Waals surface area (Å²) in [5, 5.41) is 0. The Morgan fingerprint density at radius 1 is 0.588 bits per heavy atom. The summed E-state index contributed by atoms with van der Waals surface area (Å²) in [5.41, 5.74) is 1.14. The molecular weight excluding hydrogens is 488 g/mol. The van der Waals surface area contributed by atoms with Gasteiger partial charge in [0, 0.05) is 15.3 Å². The van der Waals surface area contributed by atoms with Gasteiger partial charge in [-0.2, -0.15) is 0 Å². The van der Waals surface area contributed by atoms with Crippen LogP contribution in [0.1, 0.15) is 55.4 Å². The van der Waals surface area contributed by atoms with Crippen LogP contribution in [0.3, 0.4) is 0 Å². The van der Waals surface area contributed by atoms with Gasteiger partial charge in [-0.1, -0.05) is 33.6 Å². The van der Waals surface area contributed by atoms with Crippen molar-refractivity contribution in [2.45, 2.75) is 60.8 Å². The number of hydrogen-bond donors (Lipinski definition) is 0. The molecule has 2 aliphatic heterocycles. The molecule has 0 fully saturated rings. The third kappa shape index (κ3) is 4.77. The minimum absolute atomic E-state index is 0.571. The maximum absolute atomic E-state index is 6.28. The van der Waals surface area contributed by atoms with Crippen LogP contribution in [0.25, 0.3) is 19.5 Å². The number of hydrogen-bond acceptors (Lipinski definition) is 8. The van der Waals surface area contributed by atoms with Crippen molar-refractivity contribution in [3.63, 3.8) is 0 Å². The lowest BCUT2D eigenvalue weighted by molar-refractivity contribution is 0.173. The van der Waals surface area contributed by atoms with E-state index in [4.69, 9.17) is 23.7 Å². The molecule has 3 aromatic heterocycles. The first-order chi connectivity index (χ1) is 16.5. The van der Waals surface area contributed by atoms with Crippen LogP contribution in [0.15, 0.2) is 0 Å². The molecule has 5 nitrogen and oxygen atoms in total. The van der Waals surface area contributed by atoms with Crippen molar-refractivity contribution in [1.29, 1.82) is 0 Å². The van der Waals surface area contributed by atoms with Crippen LogP contribution in [0.4, 0.5) is 0 Å². The van der Waals surface area contributed by atoms with Crippen molar-refractivity contribution < 1.29 is 23.7 Å². The largest absolute Gasteiger partial charge is 0.492 e. The second kappa shape index (κ2) is 11.2. The smallest absolute Gasteiger partial charge is 0.181 e. The Labute approximate surface area is 214 Å². The van der Waals surface area contributed by atoms with Gasteiger partial charge >= 0.3 is 0 Å². The van der Waals surface area contributed by atoms with Crippen LogP contribution in [0.2, 0.25) is 0 Å². The van der Waals surface area contributed by atoms with Crippen molar-refractivity contribution in [2.75, 3.05) is 33.0 Å². The number of unbranched alkanes of at least 4 members (excludes halogenated alkanes) is 1. The summed E-state index contributed by atoms with van der Waals surface area (Å²) in [5.74, 6) is 4.41. The average molecular weight is 523 g/mol. The van der Waals surface area contributed by atoms with E-state index in [1.54, 1.807) is 34.0 Å². The Bertz CT molecular complexity index is 1120. The third-order valence-corrected chi connectivity index (χ3v) is 9.32. The Morgan fingerprint density at radius 3 is 1.53 bits per heavy atom. The van der Waals surface area contributed by atoms with Crippen molar-refractivity contribution in [3.8, 4) is 48.3 Å². The Kier molecular flexibility index (Phi) is 8.32. The molecule has 3 aromatic rings. The van der Waals surface area contributed by atoms with Gasteiger partial charge in [-0.05, 0) is 27.2 Å². The molecule has 0 saturated heterocycles. The molecule has 8 heteroatoms. The third-order valence-electron chi connectivity index (χ3n) is 5.58. The SMILES string of the molecule is CCCC.CCCOc1c(-c2sc(C)c3c2OCCO3)sc(-c2sc(C)c3c2OCCO3)c1C. The monoisotopic (exact) mass is 522 g/mol. The highest BCUT2D eigenvalue weighted by Crippen LogP contribution is 2.59. The summed E-state index contributed by atoms with van der Waals surface area (Å²) in [4.78, 5) is 6.77. The van der Waals surface area contributed by atoms with Crippen LogP contribution in [-0.2, 0) is 0 Å². The molecule has 5 heterocycles. The summed E-state index contributed by atoms with van der Waals surface area (Å²) in [7, 11) is 0. The fraction of sp³-hybridized carbons (Fsp3) is 0.538. The zero-order valence-electron chi connectivity index (χ0n) is 20.9. The zero-order valence-corrected chi connectivity index (χ0v) is 23.4. The predicted molar refractivity (Wildman–Crippen MR) is 144 cm³/mol. The van der Waals surface area contributed by atoms with Gasteiger partial charge in [0.1, 0.15) is 32.2 Å². The van der Waals surface area contributed by atoms with Crippen LogP contribution < -0.4 is 23.7 Å². The quantitative estimate of drug-likeness (QED) is 0.326. The Morgan fingerprint density at radius 2 is 1.06 bits per heavy atom. The molecule has 5 rings (SSSR count). The van der Waals surface area contributed by atoms with Gasteiger partial charge in [-0.3, -0.25) is 0 Å². The first-order valence-corrected chi connectivity index (χ1v) is 14.5. The molecule has 0 bridgehead atoms. The molecular formula is C26H34O5S3. The minimum atomic E-state index is 0.571. The molecule has 0 radical (unpaired) electrons. The molecule has 2 aliphatic rings. The topological polar surface area (TPSA) is 46.2 Å². The van der Waals surface area contributed by atoms with Crippen LogP contribution in [-0.4, -0.2) is 33.0 Å². The van der Waals surface area contributed by atoms with Crippen molar-refractivity contribution >= 4 is 34.0 Å². The normalized spacial score (nSPS) is 13.9. The van der Waals surface area contributed by atoms with E-state index in [9.17, 15) is 0 Å². The van der Waals surface area contributed by atoms with E-state index in [1.807, 2.05) is 0 Å². The van der Waals surface area contributed by atoms with E-state index < -0.39 is 0 Å². The number of fused-ring (bicyclic) bond motifs is 2. The summed E-state index contributed by atoms with van der Waals surface area (Å²) >= 11 is 5.17. The molecule has 0 amide bonds. The van der Waals surface area contributed by atoms with Gasteiger partial charge in [-0.25, -0.2) is 0 Å². The standard InChI is InChI=1S/C22H24O5S3.C4H10/c1-5-6-23-14-11(2)19(21-17-15(12(3)28-21)24-7-9-26-17)30-20(14)22-18-16(13(4)29-22)25-8-10-27-18;1-3-4-2/h5-10H2,1-4H3;3-4H2,1-2H3. The van der Waals surface area contributed by atoms with Gasteiger partial charge < -0.3 is 23.7 Å². The molecule has 0 aromatic carbocycles. The lowest BCUT2D eigenvalue weighted by Gasteiger charge is -2.16. The summed E-state index contributed by atoms with van der Waals surface area (Å²) in [6, 6.07) is 0. The minimum Gasteiger partial charge on any atom is -0.492 e. The van der Waals surface area contributed by atoms with Gasteiger partial charge in [-0.15, -0.1) is 34.0 Å². The average Bonchev–Trinajstić information content (AvgIpc) is 3.49. The number of rotatable bonds is 6. The van der Waals surface area contributed by atoms with Crippen LogP contribution in [0, 0.1) is 20.8 Å². The molecule has 0 saturated carbocycles. The van der Waals surface area contributed by atoms with E-state index in [1.165, 1.54) is 17.7 Å². The maximum Gasteiger partial charge on any atom is 0.181 e. The van der Waals surface area contributed by atoms with Gasteiger partial charge in [0.15, 0.2) is 23.0 Å². The lowest BCUT2D eigenvalue weighted by Crippen LogP contribution is -2.14. The zero-order chi connectivity index (χ0) is 24.2. The fourth-order valence-corrected chi connectivity index (χ4v) is 7.38. The van der Waals surface area contributed by atoms with E-state index in [-0.39, 0.29) is 0 Å². The summed E-state index contributed by atoms with van der Waals surface area (Å²) < 4.78 is 30.1. The van der Waals surface area contributed by atoms with E-state index in [0.29, 0.717) is 33.0 Å². The highest BCUT2D eigenvalue weighted by molar-refractivity contribution is 7.27. The molecule has 0 unspecified atom stereocenters. The second-order valence-electron chi connectivity index (χ2n) is 8.25. The van der Waals surface area contributed by atoms with Gasteiger partial charge in [0.05, 0.1) is 26.1 Å². The highest BCUT2D eigenvalue weighted by atomic mass is 32.1. The maximum atomic E-state index is 6.28. The van der Waals surface area contributed by atoms with Gasteiger partial charge in [0.2, 0.25) is 0 Å². The highest BCUT2D eigenvalue weighted by Gasteiger charge is 2.31. The first kappa shape index (κ1) is 25.2. The summed E-state index contributed by atoms with van der Waals surface area (Å²) in [6.07, 6.45) is 3.59. The molecule has 0 spiro atoms. The predicted octanol–water partition coefficient (Wildman–Crippen LogP) is 8.27. The fourth-order valence-electron chi connectivity index (χ4n) is 3.73. The van der Waals surface area contributed by atoms with E-state index in [2.05, 4.69) is 41.5 Å². The van der Waals surface area contributed by atoms with Crippen molar-refractivity contribution in [1.82, 2.24) is 0 Å². The Balaban J connectivity index is 0.000000636. The number of ether oxygens (including phenoxy) is 5. The molecule has 34 heavy (non-hydrogen) atoms. The molecule has 0 N–H and O–H groups in total. The molecule has 0 aliphatic carbocycles. The van der Waals surface area contributed by atoms with E-state index in [0.717, 1.165) is 65.1 Å². The first-order valence-electron chi connectivity index (χ1n) is 12.1. The number of aryl methyl sites for hydroxylation is 2. The van der Waals surface area contributed by atoms with Crippen LogP contribution >= 0.6 is 34.0 Å². The van der Waals surface area contributed by atoms with Crippen molar-refractivity contribution in [2.24, 2.45) is 0 Å². The molecule has 186 valence electrons.